The Morgan fingerprint density at radius 2 is 1.47 bits per heavy atom. The van der Waals surface area contributed by atoms with Crippen LogP contribution in [0.4, 0.5) is 0 Å². The minimum absolute atomic E-state index is 0.127. The Labute approximate surface area is 119 Å². The van der Waals surface area contributed by atoms with Gasteiger partial charge in [-0.15, -0.1) is 0 Å². The molecule has 0 bridgehead atoms. The standard InChI is InChI=1S/C16H32O3/c1-5-9-10-11-12-13-15(17-6-2)14-16(18-7-3)19-8-4/h9-10,15-16H,5-8,11-14H2,1-4H3/b10-9-. The number of ether oxygens (including phenoxy) is 3. The minimum Gasteiger partial charge on any atom is -0.378 e. The summed E-state index contributed by atoms with van der Waals surface area (Å²) in [5, 5.41) is 0. The van der Waals surface area contributed by atoms with Crippen molar-refractivity contribution in [2.24, 2.45) is 0 Å². The Balaban J connectivity index is 4.02. The van der Waals surface area contributed by atoms with Crippen molar-refractivity contribution in [3.8, 4) is 0 Å². The second-order valence-electron chi connectivity index (χ2n) is 4.46. The summed E-state index contributed by atoms with van der Waals surface area (Å²) >= 11 is 0. The summed E-state index contributed by atoms with van der Waals surface area (Å²) in [6, 6.07) is 0. The molecule has 1 unspecified atom stereocenters. The van der Waals surface area contributed by atoms with Gasteiger partial charge in [0.1, 0.15) is 0 Å². The summed E-state index contributed by atoms with van der Waals surface area (Å²) in [6.45, 7) is 10.3. The van der Waals surface area contributed by atoms with E-state index < -0.39 is 0 Å². The van der Waals surface area contributed by atoms with E-state index in [9.17, 15) is 0 Å². The molecule has 0 heterocycles. The number of hydrogen-bond donors (Lipinski definition) is 0. The van der Waals surface area contributed by atoms with Crippen LogP contribution in [-0.4, -0.2) is 32.2 Å². The first-order valence-corrected chi connectivity index (χ1v) is 7.78. The number of allylic oxidation sites excluding steroid dienone is 2. The van der Waals surface area contributed by atoms with E-state index in [0.29, 0.717) is 13.2 Å². The topological polar surface area (TPSA) is 27.7 Å². The average Bonchev–Trinajstić information content (AvgIpc) is 2.39. The lowest BCUT2D eigenvalue weighted by Crippen LogP contribution is -2.26. The predicted molar refractivity (Wildman–Crippen MR) is 80.4 cm³/mol. The van der Waals surface area contributed by atoms with Crippen LogP contribution in [0.25, 0.3) is 0 Å². The van der Waals surface area contributed by atoms with Crippen LogP contribution in [0.1, 0.15) is 59.8 Å². The fourth-order valence-electron chi connectivity index (χ4n) is 2.02. The maximum absolute atomic E-state index is 5.79. The number of rotatable bonds is 13. The fraction of sp³-hybridized carbons (Fsp3) is 0.875. The molecule has 3 heteroatoms. The summed E-state index contributed by atoms with van der Waals surface area (Å²) < 4.78 is 17.0. The monoisotopic (exact) mass is 272 g/mol. The zero-order valence-corrected chi connectivity index (χ0v) is 13.2. The molecule has 0 spiro atoms. The first-order chi connectivity index (χ1) is 9.28. The molecule has 3 nitrogen and oxygen atoms in total. The third kappa shape index (κ3) is 11.2. The van der Waals surface area contributed by atoms with E-state index in [-0.39, 0.29) is 12.4 Å². The Hall–Kier alpha value is -0.380. The molecule has 0 saturated heterocycles. The molecule has 1 atom stereocenters. The Morgan fingerprint density at radius 1 is 0.842 bits per heavy atom. The molecule has 0 aliphatic rings. The van der Waals surface area contributed by atoms with Crippen molar-refractivity contribution in [2.45, 2.75) is 72.2 Å². The molecule has 0 aliphatic carbocycles. The fourth-order valence-corrected chi connectivity index (χ4v) is 2.02. The van der Waals surface area contributed by atoms with Crippen molar-refractivity contribution >= 4 is 0 Å². The average molecular weight is 272 g/mol. The van der Waals surface area contributed by atoms with Crippen molar-refractivity contribution < 1.29 is 14.2 Å². The summed E-state index contributed by atoms with van der Waals surface area (Å²) in [5.41, 5.74) is 0. The van der Waals surface area contributed by atoms with Gasteiger partial charge in [-0.3, -0.25) is 0 Å². The molecule has 0 amide bonds. The highest BCUT2D eigenvalue weighted by atomic mass is 16.7. The second-order valence-corrected chi connectivity index (χ2v) is 4.46. The van der Waals surface area contributed by atoms with Crippen molar-refractivity contribution in [2.75, 3.05) is 19.8 Å². The van der Waals surface area contributed by atoms with E-state index in [0.717, 1.165) is 38.7 Å². The van der Waals surface area contributed by atoms with Gasteiger partial charge in [-0.1, -0.05) is 19.1 Å². The summed E-state index contributed by atoms with van der Waals surface area (Å²) in [5.74, 6) is 0. The highest BCUT2D eigenvalue weighted by molar-refractivity contribution is 4.80. The van der Waals surface area contributed by atoms with E-state index in [1.165, 1.54) is 0 Å². The summed E-state index contributed by atoms with van der Waals surface area (Å²) in [6.07, 6.45) is 9.89. The van der Waals surface area contributed by atoms with E-state index >= 15 is 0 Å². The molecule has 0 aromatic heterocycles. The van der Waals surface area contributed by atoms with Gasteiger partial charge in [0.25, 0.3) is 0 Å². The highest BCUT2D eigenvalue weighted by Gasteiger charge is 2.16. The molecule has 0 fully saturated rings. The van der Waals surface area contributed by atoms with Gasteiger partial charge in [0.2, 0.25) is 0 Å². The van der Waals surface area contributed by atoms with Crippen LogP contribution >= 0.6 is 0 Å². The van der Waals surface area contributed by atoms with Crippen LogP contribution in [0.2, 0.25) is 0 Å². The van der Waals surface area contributed by atoms with E-state index in [1.807, 2.05) is 20.8 Å². The van der Waals surface area contributed by atoms with Crippen molar-refractivity contribution in [3.05, 3.63) is 12.2 Å². The first kappa shape index (κ1) is 18.6. The molecule has 0 rings (SSSR count). The van der Waals surface area contributed by atoms with Gasteiger partial charge in [0.15, 0.2) is 6.29 Å². The van der Waals surface area contributed by atoms with Crippen molar-refractivity contribution in [3.63, 3.8) is 0 Å². The Kier molecular flexibility index (Phi) is 13.8. The first-order valence-electron chi connectivity index (χ1n) is 7.78. The van der Waals surface area contributed by atoms with Crippen molar-refractivity contribution in [1.29, 1.82) is 0 Å². The molecular weight excluding hydrogens is 240 g/mol. The normalized spacial score (nSPS) is 13.5. The smallest absolute Gasteiger partial charge is 0.160 e. The lowest BCUT2D eigenvalue weighted by atomic mass is 10.1. The Morgan fingerprint density at radius 3 is 2.00 bits per heavy atom. The third-order valence-corrected chi connectivity index (χ3v) is 2.86. The number of unbranched alkanes of at least 4 members (excludes halogenated alkanes) is 1. The molecule has 0 radical (unpaired) electrons. The van der Waals surface area contributed by atoms with E-state index in [4.69, 9.17) is 14.2 Å². The summed E-state index contributed by atoms with van der Waals surface area (Å²) in [4.78, 5) is 0. The van der Waals surface area contributed by atoms with Crippen LogP contribution in [0.5, 0.6) is 0 Å². The Bertz CT molecular complexity index is 198. The third-order valence-electron chi connectivity index (χ3n) is 2.86. The van der Waals surface area contributed by atoms with Crippen molar-refractivity contribution in [1.82, 2.24) is 0 Å². The molecule has 0 aromatic rings. The van der Waals surface area contributed by atoms with Gasteiger partial charge < -0.3 is 14.2 Å². The molecule has 0 aliphatic heterocycles. The zero-order chi connectivity index (χ0) is 14.3. The highest BCUT2D eigenvalue weighted by Crippen LogP contribution is 2.15. The quantitative estimate of drug-likeness (QED) is 0.284. The van der Waals surface area contributed by atoms with Gasteiger partial charge in [-0.05, 0) is 46.5 Å². The lowest BCUT2D eigenvalue weighted by molar-refractivity contribution is -0.157. The second kappa shape index (κ2) is 14.0. The lowest BCUT2D eigenvalue weighted by Gasteiger charge is -2.23. The van der Waals surface area contributed by atoms with E-state index in [2.05, 4.69) is 19.1 Å². The van der Waals surface area contributed by atoms with Gasteiger partial charge in [0, 0.05) is 26.2 Å². The van der Waals surface area contributed by atoms with Crippen LogP contribution in [0.15, 0.2) is 12.2 Å². The molecule has 114 valence electrons. The van der Waals surface area contributed by atoms with Gasteiger partial charge in [0.05, 0.1) is 6.10 Å². The van der Waals surface area contributed by atoms with Gasteiger partial charge in [-0.25, -0.2) is 0 Å². The zero-order valence-electron chi connectivity index (χ0n) is 13.2. The maximum Gasteiger partial charge on any atom is 0.160 e. The molecular formula is C16H32O3. The summed E-state index contributed by atoms with van der Waals surface area (Å²) in [7, 11) is 0. The molecule has 0 aromatic carbocycles. The number of hydrogen-bond acceptors (Lipinski definition) is 3. The molecule has 0 saturated carbocycles. The van der Waals surface area contributed by atoms with Crippen LogP contribution in [0, 0.1) is 0 Å². The maximum atomic E-state index is 5.79. The van der Waals surface area contributed by atoms with Gasteiger partial charge in [-0.2, -0.15) is 0 Å². The molecule has 19 heavy (non-hydrogen) atoms. The predicted octanol–water partition coefficient (Wildman–Crippen LogP) is 4.32. The van der Waals surface area contributed by atoms with Crippen LogP contribution in [-0.2, 0) is 14.2 Å². The largest absolute Gasteiger partial charge is 0.378 e. The molecule has 0 N–H and O–H groups in total. The SMILES string of the molecule is CC/C=C\CCCC(CC(OCC)OCC)OCC. The minimum atomic E-state index is -0.127. The van der Waals surface area contributed by atoms with Crippen LogP contribution in [0.3, 0.4) is 0 Å². The van der Waals surface area contributed by atoms with Gasteiger partial charge >= 0.3 is 0 Å². The van der Waals surface area contributed by atoms with E-state index in [1.54, 1.807) is 0 Å². The van der Waals surface area contributed by atoms with Crippen LogP contribution < -0.4 is 0 Å².